The largest absolute Gasteiger partial charge is 0.480 e. The van der Waals surface area contributed by atoms with Gasteiger partial charge in [0.1, 0.15) is 11.6 Å². The predicted octanol–water partition coefficient (Wildman–Crippen LogP) is 1.06. The molecule has 5 nitrogen and oxygen atoms in total. The van der Waals surface area contributed by atoms with E-state index in [1.807, 2.05) is 0 Å². The molecule has 1 heterocycles. The van der Waals surface area contributed by atoms with Gasteiger partial charge < -0.3 is 15.3 Å². The summed E-state index contributed by atoms with van der Waals surface area (Å²) in [7, 11) is 0. The molecular formula is C13H13NO4. The van der Waals surface area contributed by atoms with Gasteiger partial charge in [-0.2, -0.15) is 0 Å². The number of aliphatic carboxylic acids is 1. The molecule has 0 bridgehead atoms. The molecule has 0 aliphatic rings. The summed E-state index contributed by atoms with van der Waals surface area (Å²) < 4.78 is 5.13. The Morgan fingerprint density at radius 1 is 1.44 bits per heavy atom. The maximum atomic E-state index is 11.4. The number of benzene rings is 1. The van der Waals surface area contributed by atoms with Crippen molar-refractivity contribution in [3.05, 3.63) is 45.8 Å². The van der Waals surface area contributed by atoms with Crippen molar-refractivity contribution in [3.63, 3.8) is 0 Å². The normalized spacial score (nSPS) is 12.6. The molecule has 94 valence electrons. The molecule has 0 unspecified atom stereocenters. The topological polar surface area (TPSA) is 93.5 Å². The summed E-state index contributed by atoms with van der Waals surface area (Å²) in [5.41, 5.74) is 6.78. The summed E-state index contributed by atoms with van der Waals surface area (Å²) >= 11 is 0. The Labute approximate surface area is 103 Å². The van der Waals surface area contributed by atoms with Crippen molar-refractivity contribution in [3.8, 4) is 0 Å². The molecular weight excluding hydrogens is 234 g/mol. The van der Waals surface area contributed by atoms with Crippen LogP contribution in [0.2, 0.25) is 0 Å². The standard InChI is InChI=1S/C13H13NO4/c1-7-4-9-3-2-8(5-10(14)12(15)16)6-11(9)18-13(7)17/h2-4,6,10H,5,14H2,1H3,(H,15,16)/t10-/m1/s1. The minimum atomic E-state index is -1.06. The zero-order valence-electron chi connectivity index (χ0n) is 9.84. The Kier molecular flexibility index (Phi) is 3.16. The summed E-state index contributed by atoms with van der Waals surface area (Å²) in [5.74, 6) is -1.06. The molecule has 0 aliphatic heterocycles. The highest BCUT2D eigenvalue weighted by Crippen LogP contribution is 2.16. The monoisotopic (exact) mass is 247 g/mol. The fourth-order valence-corrected chi connectivity index (χ4v) is 1.73. The first-order valence-corrected chi connectivity index (χ1v) is 5.49. The first kappa shape index (κ1) is 12.3. The van der Waals surface area contributed by atoms with Crippen LogP contribution in [0.1, 0.15) is 11.1 Å². The number of hydrogen-bond donors (Lipinski definition) is 2. The molecule has 2 aromatic rings. The van der Waals surface area contributed by atoms with E-state index in [0.717, 1.165) is 10.9 Å². The summed E-state index contributed by atoms with van der Waals surface area (Å²) in [4.78, 5) is 22.1. The van der Waals surface area contributed by atoms with Gasteiger partial charge in [-0.1, -0.05) is 12.1 Å². The lowest BCUT2D eigenvalue weighted by Crippen LogP contribution is -2.32. The molecule has 3 N–H and O–H groups in total. The van der Waals surface area contributed by atoms with Crippen LogP contribution in [0.4, 0.5) is 0 Å². The van der Waals surface area contributed by atoms with E-state index in [2.05, 4.69) is 0 Å². The molecule has 0 fully saturated rings. The van der Waals surface area contributed by atoms with Crippen LogP contribution in [0.25, 0.3) is 11.0 Å². The van der Waals surface area contributed by atoms with Gasteiger partial charge in [0.15, 0.2) is 0 Å². The van der Waals surface area contributed by atoms with Gasteiger partial charge in [0.05, 0.1) is 0 Å². The molecule has 0 aliphatic carbocycles. The van der Waals surface area contributed by atoms with Crippen molar-refractivity contribution < 1.29 is 14.3 Å². The molecule has 1 atom stereocenters. The van der Waals surface area contributed by atoms with Crippen LogP contribution < -0.4 is 11.4 Å². The molecule has 0 saturated carbocycles. The van der Waals surface area contributed by atoms with Crippen molar-refractivity contribution in [1.29, 1.82) is 0 Å². The van der Waals surface area contributed by atoms with E-state index >= 15 is 0 Å². The van der Waals surface area contributed by atoms with Crippen molar-refractivity contribution >= 4 is 16.9 Å². The zero-order valence-corrected chi connectivity index (χ0v) is 9.84. The van der Waals surface area contributed by atoms with Gasteiger partial charge >= 0.3 is 11.6 Å². The summed E-state index contributed by atoms with van der Waals surface area (Å²) in [6.07, 6.45) is 0.197. The Morgan fingerprint density at radius 3 is 2.83 bits per heavy atom. The van der Waals surface area contributed by atoms with E-state index in [4.69, 9.17) is 15.3 Å². The quantitative estimate of drug-likeness (QED) is 0.791. The number of carbonyl (C=O) groups is 1. The maximum Gasteiger partial charge on any atom is 0.339 e. The lowest BCUT2D eigenvalue weighted by Gasteiger charge is -2.07. The second kappa shape index (κ2) is 4.62. The van der Waals surface area contributed by atoms with Gasteiger partial charge in [0.25, 0.3) is 0 Å². The molecule has 5 heteroatoms. The first-order valence-electron chi connectivity index (χ1n) is 5.49. The van der Waals surface area contributed by atoms with Crippen molar-refractivity contribution in [1.82, 2.24) is 0 Å². The average molecular weight is 247 g/mol. The SMILES string of the molecule is Cc1cc2ccc(C[C@@H](N)C(=O)O)cc2oc1=O. The highest BCUT2D eigenvalue weighted by atomic mass is 16.4. The fraction of sp³-hybridized carbons (Fsp3) is 0.231. The number of fused-ring (bicyclic) bond motifs is 1. The van der Waals surface area contributed by atoms with Crippen molar-refractivity contribution in [2.45, 2.75) is 19.4 Å². The Bertz CT molecular complexity index is 660. The van der Waals surface area contributed by atoms with Gasteiger partial charge in [0.2, 0.25) is 0 Å². The Morgan fingerprint density at radius 2 is 2.17 bits per heavy atom. The van der Waals surface area contributed by atoms with Crippen LogP contribution in [0.3, 0.4) is 0 Å². The molecule has 1 aromatic carbocycles. The lowest BCUT2D eigenvalue weighted by molar-refractivity contribution is -0.138. The predicted molar refractivity (Wildman–Crippen MR) is 66.5 cm³/mol. The second-order valence-electron chi connectivity index (χ2n) is 4.24. The third-order valence-corrected chi connectivity index (χ3v) is 2.75. The summed E-state index contributed by atoms with van der Waals surface area (Å²) in [6.45, 7) is 1.68. The fourth-order valence-electron chi connectivity index (χ4n) is 1.73. The molecule has 0 amide bonds. The Balaban J connectivity index is 2.41. The number of carboxylic acids is 1. The van der Waals surface area contributed by atoms with Crippen LogP contribution >= 0.6 is 0 Å². The van der Waals surface area contributed by atoms with Gasteiger partial charge in [-0.3, -0.25) is 4.79 Å². The summed E-state index contributed by atoms with van der Waals surface area (Å²) in [5, 5.41) is 9.54. The lowest BCUT2D eigenvalue weighted by atomic mass is 10.0. The highest BCUT2D eigenvalue weighted by molar-refractivity contribution is 5.78. The van der Waals surface area contributed by atoms with Crippen LogP contribution in [-0.4, -0.2) is 17.1 Å². The van der Waals surface area contributed by atoms with Gasteiger partial charge in [-0.05, 0) is 31.0 Å². The molecule has 1 aromatic heterocycles. The minimum absolute atomic E-state index is 0.197. The molecule has 2 rings (SSSR count). The minimum Gasteiger partial charge on any atom is -0.480 e. The molecule has 0 saturated heterocycles. The van der Waals surface area contributed by atoms with E-state index in [-0.39, 0.29) is 12.0 Å². The average Bonchev–Trinajstić information content (AvgIpc) is 2.31. The maximum absolute atomic E-state index is 11.4. The van der Waals surface area contributed by atoms with E-state index in [1.165, 1.54) is 0 Å². The number of carboxylic acid groups (broad SMARTS) is 1. The van der Waals surface area contributed by atoms with E-state index in [9.17, 15) is 9.59 Å². The van der Waals surface area contributed by atoms with E-state index in [0.29, 0.717) is 11.1 Å². The summed E-state index contributed by atoms with van der Waals surface area (Å²) in [6, 6.07) is 6.00. The van der Waals surface area contributed by atoms with Crippen LogP contribution in [-0.2, 0) is 11.2 Å². The third kappa shape index (κ3) is 2.41. The highest BCUT2D eigenvalue weighted by Gasteiger charge is 2.12. The molecule has 0 radical (unpaired) electrons. The number of hydrogen-bond acceptors (Lipinski definition) is 4. The second-order valence-corrected chi connectivity index (χ2v) is 4.24. The number of rotatable bonds is 3. The van der Waals surface area contributed by atoms with E-state index in [1.54, 1.807) is 31.2 Å². The molecule has 18 heavy (non-hydrogen) atoms. The van der Waals surface area contributed by atoms with Gasteiger partial charge in [0, 0.05) is 10.9 Å². The smallest absolute Gasteiger partial charge is 0.339 e. The van der Waals surface area contributed by atoms with Gasteiger partial charge in [-0.25, -0.2) is 4.79 Å². The zero-order chi connectivity index (χ0) is 13.3. The number of aryl methyl sites for hydroxylation is 1. The number of nitrogens with two attached hydrogens (primary N) is 1. The first-order chi connectivity index (χ1) is 8.47. The van der Waals surface area contributed by atoms with Crippen molar-refractivity contribution in [2.24, 2.45) is 5.73 Å². The van der Waals surface area contributed by atoms with Gasteiger partial charge in [-0.15, -0.1) is 0 Å². The Hall–Kier alpha value is -2.14. The molecule has 0 spiro atoms. The van der Waals surface area contributed by atoms with Crippen LogP contribution in [0.5, 0.6) is 0 Å². The van der Waals surface area contributed by atoms with E-state index < -0.39 is 12.0 Å². The van der Waals surface area contributed by atoms with Crippen molar-refractivity contribution in [2.75, 3.05) is 0 Å². The van der Waals surface area contributed by atoms with Crippen LogP contribution in [0.15, 0.2) is 33.5 Å². The van der Waals surface area contributed by atoms with Crippen LogP contribution in [0, 0.1) is 6.92 Å². The third-order valence-electron chi connectivity index (χ3n) is 2.75.